The maximum absolute atomic E-state index is 4.65. The first kappa shape index (κ1) is 12.9. The van der Waals surface area contributed by atoms with E-state index in [-0.39, 0.29) is 0 Å². The third-order valence-electron chi connectivity index (χ3n) is 3.50. The fourth-order valence-corrected chi connectivity index (χ4v) is 2.71. The van der Waals surface area contributed by atoms with Crippen LogP contribution in [0.25, 0.3) is 0 Å². The summed E-state index contributed by atoms with van der Waals surface area (Å²) >= 11 is 0. The lowest BCUT2D eigenvalue weighted by molar-refractivity contribution is 0.739. The Morgan fingerprint density at radius 2 is 2.05 bits per heavy atom. The number of nitrogens with one attached hydrogen (secondary N) is 1. The van der Waals surface area contributed by atoms with E-state index in [4.69, 9.17) is 0 Å². The number of nitrogens with zero attached hydrogens (tertiary/aromatic N) is 3. The van der Waals surface area contributed by atoms with Crippen LogP contribution in [-0.4, -0.2) is 22.1 Å². The van der Waals surface area contributed by atoms with E-state index >= 15 is 0 Å². The van der Waals surface area contributed by atoms with Crippen molar-refractivity contribution >= 4 is 17.5 Å². The quantitative estimate of drug-likeness (QED) is 0.926. The highest BCUT2D eigenvalue weighted by Crippen LogP contribution is 2.36. The average Bonchev–Trinajstić information content (AvgIpc) is 2.74. The Morgan fingerprint density at radius 1 is 1.25 bits per heavy atom. The standard InChI is InChI=1S/C16H20N4/c1-11(2)18-15-8-9-17-16(19-15)20-12(3)10-13-6-4-5-7-14(13)20/h4-9,11-12H,10H2,1-3H3,(H,17,18,19). The molecule has 0 saturated carbocycles. The summed E-state index contributed by atoms with van der Waals surface area (Å²) in [5.41, 5.74) is 2.59. The van der Waals surface area contributed by atoms with E-state index in [2.05, 4.69) is 65.2 Å². The van der Waals surface area contributed by atoms with Crippen LogP contribution < -0.4 is 10.2 Å². The van der Waals surface area contributed by atoms with Crippen LogP contribution in [0.5, 0.6) is 0 Å². The molecule has 1 unspecified atom stereocenters. The normalized spacial score (nSPS) is 17.4. The van der Waals surface area contributed by atoms with E-state index in [1.807, 2.05) is 12.3 Å². The third-order valence-corrected chi connectivity index (χ3v) is 3.50. The van der Waals surface area contributed by atoms with Crippen LogP contribution in [0, 0.1) is 0 Å². The van der Waals surface area contributed by atoms with E-state index in [1.165, 1.54) is 11.3 Å². The molecule has 3 rings (SSSR count). The lowest BCUT2D eigenvalue weighted by Gasteiger charge is -2.23. The minimum atomic E-state index is 0.362. The first-order chi connectivity index (χ1) is 9.65. The molecule has 1 N–H and O–H groups in total. The van der Waals surface area contributed by atoms with Gasteiger partial charge in [0.25, 0.3) is 0 Å². The summed E-state index contributed by atoms with van der Waals surface area (Å²) < 4.78 is 0. The molecule has 0 bridgehead atoms. The highest BCUT2D eigenvalue weighted by atomic mass is 15.3. The monoisotopic (exact) mass is 268 g/mol. The second-order valence-corrected chi connectivity index (χ2v) is 5.59. The van der Waals surface area contributed by atoms with Gasteiger partial charge in [-0.3, -0.25) is 0 Å². The Morgan fingerprint density at radius 3 is 2.85 bits per heavy atom. The molecule has 1 aliphatic rings. The summed E-state index contributed by atoms with van der Waals surface area (Å²) in [5.74, 6) is 1.65. The van der Waals surface area contributed by atoms with E-state index < -0.39 is 0 Å². The van der Waals surface area contributed by atoms with Gasteiger partial charge >= 0.3 is 0 Å². The Hall–Kier alpha value is -2.10. The summed E-state index contributed by atoms with van der Waals surface area (Å²) in [6.45, 7) is 6.43. The second-order valence-electron chi connectivity index (χ2n) is 5.59. The van der Waals surface area contributed by atoms with Crippen LogP contribution in [0.1, 0.15) is 26.3 Å². The Labute approximate surface area is 119 Å². The maximum atomic E-state index is 4.65. The molecule has 4 heteroatoms. The predicted molar refractivity (Wildman–Crippen MR) is 82.5 cm³/mol. The number of aromatic nitrogens is 2. The van der Waals surface area contributed by atoms with E-state index in [0.717, 1.165) is 18.2 Å². The van der Waals surface area contributed by atoms with E-state index in [1.54, 1.807) is 0 Å². The first-order valence-corrected chi connectivity index (χ1v) is 7.12. The SMILES string of the molecule is CC(C)Nc1ccnc(N2c3ccccc3CC2C)n1. The molecule has 1 atom stereocenters. The van der Waals surface area contributed by atoms with Crippen molar-refractivity contribution in [3.05, 3.63) is 42.1 Å². The van der Waals surface area contributed by atoms with Gasteiger partial charge in [-0.15, -0.1) is 0 Å². The van der Waals surface area contributed by atoms with Crippen molar-refractivity contribution in [3.8, 4) is 0 Å². The van der Waals surface area contributed by atoms with Gasteiger partial charge in [0, 0.05) is 24.0 Å². The molecule has 104 valence electrons. The van der Waals surface area contributed by atoms with Crippen molar-refractivity contribution < 1.29 is 0 Å². The highest BCUT2D eigenvalue weighted by molar-refractivity contribution is 5.67. The fourth-order valence-electron chi connectivity index (χ4n) is 2.71. The fraction of sp³-hybridized carbons (Fsp3) is 0.375. The molecule has 1 aliphatic heterocycles. The summed E-state index contributed by atoms with van der Waals surface area (Å²) in [6.07, 6.45) is 2.86. The molecule has 2 heterocycles. The van der Waals surface area contributed by atoms with Crippen molar-refractivity contribution in [1.82, 2.24) is 9.97 Å². The molecule has 0 amide bonds. The van der Waals surface area contributed by atoms with Gasteiger partial charge < -0.3 is 10.2 Å². The Kier molecular flexibility index (Phi) is 3.30. The zero-order valence-electron chi connectivity index (χ0n) is 12.2. The zero-order chi connectivity index (χ0) is 14.1. The minimum Gasteiger partial charge on any atom is -0.368 e. The number of hydrogen-bond donors (Lipinski definition) is 1. The lowest BCUT2D eigenvalue weighted by atomic mass is 10.1. The predicted octanol–water partition coefficient (Wildman–Crippen LogP) is 3.38. The number of para-hydroxylation sites is 1. The molecule has 0 radical (unpaired) electrons. The number of benzene rings is 1. The Balaban J connectivity index is 1.97. The molecule has 20 heavy (non-hydrogen) atoms. The zero-order valence-corrected chi connectivity index (χ0v) is 12.2. The third kappa shape index (κ3) is 2.33. The lowest BCUT2D eigenvalue weighted by Crippen LogP contribution is -2.26. The molecule has 0 saturated heterocycles. The summed E-state index contributed by atoms with van der Waals surface area (Å²) in [6, 6.07) is 11.2. The Bertz CT molecular complexity index is 609. The topological polar surface area (TPSA) is 41.1 Å². The molecule has 0 aliphatic carbocycles. The molecule has 1 aromatic heterocycles. The van der Waals surface area contributed by atoms with Gasteiger partial charge in [-0.25, -0.2) is 4.98 Å². The van der Waals surface area contributed by atoms with Crippen molar-refractivity contribution in [3.63, 3.8) is 0 Å². The summed E-state index contributed by atoms with van der Waals surface area (Å²) in [4.78, 5) is 11.3. The molecular formula is C16H20N4. The number of anilines is 3. The number of hydrogen-bond acceptors (Lipinski definition) is 4. The van der Waals surface area contributed by atoms with Crippen LogP contribution in [0.4, 0.5) is 17.5 Å². The van der Waals surface area contributed by atoms with Gasteiger partial charge in [0.15, 0.2) is 0 Å². The van der Waals surface area contributed by atoms with Crippen LogP contribution >= 0.6 is 0 Å². The summed E-state index contributed by atoms with van der Waals surface area (Å²) in [7, 11) is 0. The van der Waals surface area contributed by atoms with E-state index in [0.29, 0.717) is 12.1 Å². The smallest absolute Gasteiger partial charge is 0.232 e. The van der Waals surface area contributed by atoms with E-state index in [9.17, 15) is 0 Å². The molecule has 2 aromatic rings. The molecule has 0 fully saturated rings. The number of rotatable bonds is 3. The van der Waals surface area contributed by atoms with Gasteiger partial charge in [0.1, 0.15) is 5.82 Å². The van der Waals surface area contributed by atoms with Gasteiger partial charge in [0.05, 0.1) is 0 Å². The van der Waals surface area contributed by atoms with Gasteiger partial charge in [-0.2, -0.15) is 4.98 Å². The molecule has 1 aromatic carbocycles. The maximum Gasteiger partial charge on any atom is 0.232 e. The van der Waals surface area contributed by atoms with Crippen molar-refractivity contribution in [2.75, 3.05) is 10.2 Å². The second kappa shape index (κ2) is 5.12. The van der Waals surface area contributed by atoms with Gasteiger partial charge in [0.2, 0.25) is 5.95 Å². The first-order valence-electron chi connectivity index (χ1n) is 7.12. The minimum absolute atomic E-state index is 0.362. The largest absolute Gasteiger partial charge is 0.368 e. The van der Waals surface area contributed by atoms with Crippen LogP contribution in [0.3, 0.4) is 0 Å². The van der Waals surface area contributed by atoms with Crippen molar-refractivity contribution in [2.45, 2.75) is 39.3 Å². The van der Waals surface area contributed by atoms with Gasteiger partial charge in [-0.1, -0.05) is 18.2 Å². The summed E-state index contributed by atoms with van der Waals surface area (Å²) in [5, 5.41) is 3.33. The average molecular weight is 268 g/mol. The van der Waals surface area contributed by atoms with Crippen molar-refractivity contribution in [2.24, 2.45) is 0 Å². The van der Waals surface area contributed by atoms with Crippen LogP contribution in [0.15, 0.2) is 36.5 Å². The molecule has 0 spiro atoms. The molecular weight excluding hydrogens is 248 g/mol. The number of fused-ring (bicyclic) bond motifs is 1. The van der Waals surface area contributed by atoms with Crippen LogP contribution in [-0.2, 0) is 6.42 Å². The van der Waals surface area contributed by atoms with Crippen LogP contribution in [0.2, 0.25) is 0 Å². The van der Waals surface area contributed by atoms with Crippen molar-refractivity contribution in [1.29, 1.82) is 0 Å². The highest BCUT2D eigenvalue weighted by Gasteiger charge is 2.28. The van der Waals surface area contributed by atoms with Gasteiger partial charge in [-0.05, 0) is 44.9 Å². The molecule has 4 nitrogen and oxygen atoms in total.